The van der Waals surface area contributed by atoms with Crippen molar-refractivity contribution in [2.75, 3.05) is 20.3 Å². The summed E-state index contributed by atoms with van der Waals surface area (Å²) >= 11 is 4.36. The predicted molar refractivity (Wildman–Crippen MR) is 67.6 cm³/mol. The van der Waals surface area contributed by atoms with Gasteiger partial charge in [-0.1, -0.05) is 12.1 Å². The van der Waals surface area contributed by atoms with Crippen molar-refractivity contribution in [3.05, 3.63) is 29.8 Å². The summed E-state index contributed by atoms with van der Waals surface area (Å²) in [7, 11) is 1.62. The maximum atomic E-state index is 11.2. The van der Waals surface area contributed by atoms with Gasteiger partial charge in [0.2, 0.25) is 0 Å². The van der Waals surface area contributed by atoms with Crippen LogP contribution in [0.1, 0.15) is 5.56 Å². The highest BCUT2D eigenvalue weighted by Gasteiger charge is 2.01. The highest BCUT2D eigenvalue weighted by molar-refractivity contribution is 7.78. The molecule has 0 unspecified atom stereocenters. The lowest BCUT2D eigenvalue weighted by atomic mass is 10.1. The molecule has 0 N–H and O–H groups in total. The first-order chi connectivity index (χ1) is 8.26. The number of aliphatic imine (C=N–C) groups is 1. The van der Waals surface area contributed by atoms with Crippen LogP contribution in [0.15, 0.2) is 29.3 Å². The molecule has 4 nitrogen and oxygen atoms in total. The molecule has 5 heteroatoms. The lowest BCUT2D eigenvalue weighted by Crippen LogP contribution is -2.04. The number of carbonyl (C=O) groups is 1. The highest BCUT2D eigenvalue weighted by Crippen LogP contribution is 2.12. The molecule has 0 heterocycles. The van der Waals surface area contributed by atoms with Crippen LogP contribution in [-0.2, 0) is 16.0 Å². The summed E-state index contributed by atoms with van der Waals surface area (Å²) in [5, 5.41) is 2.05. The number of carbonyl (C=O) groups excluding carboxylic acids is 1. The maximum Gasteiger partial charge on any atom is 0.258 e. The van der Waals surface area contributed by atoms with Crippen LogP contribution in [0.5, 0.6) is 5.75 Å². The summed E-state index contributed by atoms with van der Waals surface area (Å²) in [6.07, 6.45) is 0.224. The molecular formula is C12H13NO3S. The largest absolute Gasteiger partial charge is 0.491 e. The Morgan fingerprint density at radius 3 is 2.65 bits per heavy atom. The van der Waals surface area contributed by atoms with Gasteiger partial charge in [0.1, 0.15) is 12.4 Å². The molecule has 0 bridgehead atoms. The van der Waals surface area contributed by atoms with E-state index in [0.717, 1.165) is 11.3 Å². The number of isothiocyanates is 1. The van der Waals surface area contributed by atoms with Crippen molar-refractivity contribution in [1.29, 1.82) is 0 Å². The first-order valence-corrected chi connectivity index (χ1v) is 5.48. The van der Waals surface area contributed by atoms with Crippen LogP contribution in [-0.4, -0.2) is 31.4 Å². The van der Waals surface area contributed by atoms with Crippen LogP contribution in [0.2, 0.25) is 0 Å². The molecule has 0 saturated carbocycles. The van der Waals surface area contributed by atoms with E-state index >= 15 is 0 Å². The van der Waals surface area contributed by atoms with Gasteiger partial charge in [-0.2, -0.15) is 4.99 Å². The van der Waals surface area contributed by atoms with Crippen molar-refractivity contribution in [1.82, 2.24) is 0 Å². The van der Waals surface area contributed by atoms with Crippen molar-refractivity contribution < 1.29 is 14.3 Å². The van der Waals surface area contributed by atoms with E-state index in [1.807, 2.05) is 12.1 Å². The van der Waals surface area contributed by atoms with E-state index in [1.165, 1.54) is 0 Å². The Bertz CT molecular complexity index is 410. The number of benzene rings is 1. The van der Waals surface area contributed by atoms with Gasteiger partial charge in [0.05, 0.1) is 18.2 Å². The molecule has 0 aromatic heterocycles. The van der Waals surface area contributed by atoms with Crippen LogP contribution in [0, 0.1) is 0 Å². The van der Waals surface area contributed by atoms with Gasteiger partial charge >= 0.3 is 0 Å². The Kier molecular flexibility index (Phi) is 6.10. The minimum atomic E-state index is -0.298. The van der Waals surface area contributed by atoms with Crippen LogP contribution >= 0.6 is 12.2 Å². The zero-order valence-corrected chi connectivity index (χ0v) is 10.3. The van der Waals surface area contributed by atoms with Gasteiger partial charge in [-0.15, -0.1) is 0 Å². The molecule has 0 spiro atoms. The molecule has 0 aliphatic heterocycles. The van der Waals surface area contributed by atoms with Crippen LogP contribution in [0.4, 0.5) is 0 Å². The Morgan fingerprint density at radius 1 is 1.35 bits per heavy atom. The average molecular weight is 251 g/mol. The number of ether oxygens (including phenoxy) is 2. The van der Waals surface area contributed by atoms with Gasteiger partial charge in [-0.25, -0.2) is 0 Å². The van der Waals surface area contributed by atoms with Crippen molar-refractivity contribution in [2.24, 2.45) is 4.99 Å². The molecule has 0 aliphatic rings. The molecule has 1 aromatic carbocycles. The first-order valence-electron chi connectivity index (χ1n) is 5.07. The van der Waals surface area contributed by atoms with Gasteiger partial charge in [0.25, 0.3) is 5.91 Å². The average Bonchev–Trinajstić information content (AvgIpc) is 2.32. The van der Waals surface area contributed by atoms with E-state index in [4.69, 9.17) is 9.47 Å². The minimum Gasteiger partial charge on any atom is -0.491 e. The number of amides is 1. The van der Waals surface area contributed by atoms with E-state index in [2.05, 4.69) is 22.4 Å². The fraction of sp³-hybridized carbons (Fsp3) is 0.333. The van der Waals surface area contributed by atoms with Crippen LogP contribution < -0.4 is 4.74 Å². The lowest BCUT2D eigenvalue weighted by molar-refractivity contribution is -0.117. The predicted octanol–water partition coefficient (Wildman–Crippen LogP) is 1.88. The number of nitrogens with zero attached hydrogens (tertiary/aromatic N) is 1. The smallest absolute Gasteiger partial charge is 0.258 e. The van der Waals surface area contributed by atoms with E-state index in [-0.39, 0.29) is 12.3 Å². The van der Waals surface area contributed by atoms with Gasteiger partial charge in [-0.05, 0) is 29.9 Å². The molecule has 90 valence electrons. The molecule has 1 amide bonds. The Hall–Kier alpha value is -1.55. The molecule has 0 radical (unpaired) electrons. The van der Waals surface area contributed by atoms with Gasteiger partial charge in [0, 0.05) is 7.11 Å². The first kappa shape index (κ1) is 13.5. The fourth-order valence-electron chi connectivity index (χ4n) is 1.21. The van der Waals surface area contributed by atoms with Crippen molar-refractivity contribution in [2.45, 2.75) is 6.42 Å². The molecule has 0 saturated heterocycles. The molecular weight excluding hydrogens is 238 g/mol. The summed E-state index contributed by atoms with van der Waals surface area (Å²) in [5.74, 6) is 0.449. The zero-order valence-electron chi connectivity index (χ0n) is 9.51. The number of methoxy groups -OCH3 is 1. The molecule has 0 atom stereocenters. The van der Waals surface area contributed by atoms with Gasteiger partial charge in [-0.3, -0.25) is 4.79 Å². The second-order valence-corrected chi connectivity index (χ2v) is 3.44. The van der Waals surface area contributed by atoms with Crippen molar-refractivity contribution >= 4 is 23.3 Å². The summed E-state index contributed by atoms with van der Waals surface area (Å²) in [5.41, 5.74) is 0.864. The van der Waals surface area contributed by atoms with E-state index in [0.29, 0.717) is 13.2 Å². The molecule has 17 heavy (non-hydrogen) atoms. The molecule has 0 fully saturated rings. The Labute approximate surface area is 105 Å². The zero-order chi connectivity index (χ0) is 12.5. The van der Waals surface area contributed by atoms with Crippen molar-refractivity contribution in [3.8, 4) is 5.75 Å². The lowest BCUT2D eigenvalue weighted by Gasteiger charge is -2.05. The fourth-order valence-corrected chi connectivity index (χ4v) is 1.31. The third kappa shape index (κ3) is 5.36. The Morgan fingerprint density at radius 2 is 2.06 bits per heavy atom. The summed E-state index contributed by atoms with van der Waals surface area (Å²) in [6.45, 7) is 1.05. The van der Waals surface area contributed by atoms with Crippen LogP contribution in [0.3, 0.4) is 0 Å². The number of hydrogen-bond acceptors (Lipinski definition) is 4. The number of thiocarbonyl (C=S) groups is 1. The third-order valence-corrected chi connectivity index (χ3v) is 2.10. The standard InChI is InChI=1S/C12H13NO3S/c1-15-6-7-16-11-4-2-10(3-5-11)8-12(14)13-9-17/h2-5H,6-8H2,1H3. The van der Waals surface area contributed by atoms with Gasteiger partial charge < -0.3 is 9.47 Å². The van der Waals surface area contributed by atoms with Crippen molar-refractivity contribution in [3.63, 3.8) is 0 Å². The van der Waals surface area contributed by atoms with E-state index in [1.54, 1.807) is 19.2 Å². The summed E-state index contributed by atoms with van der Waals surface area (Å²) in [6, 6.07) is 7.25. The SMILES string of the molecule is COCCOc1ccc(CC(=O)N=C=S)cc1. The van der Waals surface area contributed by atoms with Crippen LogP contribution in [0.25, 0.3) is 0 Å². The highest BCUT2D eigenvalue weighted by atomic mass is 32.1. The monoisotopic (exact) mass is 251 g/mol. The number of hydrogen-bond donors (Lipinski definition) is 0. The second kappa shape index (κ2) is 7.68. The number of rotatable bonds is 6. The summed E-state index contributed by atoms with van der Waals surface area (Å²) < 4.78 is 10.3. The third-order valence-electron chi connectivity index (χ3n) is 2.01. The molecule has 1 rings (SSSR count). The minimum absolute atomic E-state index is 0.224. The maximum absolute atomic E-state index is 11.2. The quantitative estimate of drug-likeness (QED) is 0.440. The molecule has 0 aliphatic carbocycles. The topological polar surface area (TPSA) is 47.9 Å². The summed E-state index contributed by atoms with van der Waals surface area (Å²) in [4.78, 5) is 14.5. The van der Waals surface area contributed by atoms with Gasteiger partial charge in [0.15, 0.2) is 0 Å². The molecule has 1 aromatic rings. The van der Waals surface area contributed by atoms with E-state index in [9.17, 15) is 4.79 Å². The second-order valence-electron chi connectivity index (χ2n) is 3.26. The normalized spacial score (nSPS) is 9.47. The van der Waals surface area contributed by atoms with E-state index < -0.39 is 0 Å². The Balaban J connectivity index is 2.49.